The average molecular weight is 241 g/mol. The number of hydrogen-bond acceptors (Lipinski definition) is 6. The zero-order valence-corrected chi connectivity index (χ0v) is 9.95. The van der Waals surface area contributed by atoms with Crippen molar-refractivity contribution in [2.75, 3.05) is 7.11 Å². The summed E-state index contributed by atoms with van der Waals surface area (Å²) in [5, 5.41) is 3.88. The zero-order chi connectivity index (χ0) is 12.0. The van der Waals surface area contributed by atoms with Crippen LogP contribution >= 0.6 is 0 Å². The Balaban J connectivity index is 1.88. The monoisotopic (exact) mass is 241 g/mol. The van der Waals surface area contributed by atoms with E-state index in [4.69, 9.17) is 23.5 Å². The van der Waals surface area contributed by atoms with E-state index in [0.29, 0.717) is 5.69 Å². The van der Waals surface area contributed by atoms with E-state index in [2.05, 4.69) is 5.16 Å². The first kappa shape index (κ1) is 11.2. The summed E-state index contributed by atoms with van der Waals surface area (Å²) in [5.74, 6) is -0.627. The van der Waals surface area contributed by atoms with Crippen molar-refractivity contribution in [2.45, 2.75) is 44.2 Å². The number of methoxy groups -OCH3 is 1. The van der Waals surface area contributed by atoms with Gasteiger partial charge in [-0.3, -0.25) is 0 Å². The van der Waals surface area contributed by atoms with Crippen molar-refractivity contribution in [3.63, 3.8) is 0 Å². The Morgan fingerprint density at radius 2 is 2.06 bits per heavy atom. The molecule has 6 heteroatoms. The highest BCUT2D eigenvalue weighted by atomic mass is 16.8. The van der Waals surface area contributed by atoms with Crippen LogP contribution in [0, 0.1) is 0 Å². The summed E-state index contributed by atoms with van der Waals surface area (Å²) < 4.78 is 27.4. The van der Waals surface area contributed by atoms with Crippen molar-refractivity contribution in [3.8, 4) is 0 Å². The predicted molar refractivity (Wildman–Crippen MR) is 55.0 cm³/mol. The summed E-state index contributed by atoms with van der Waals surface area (Å²) >= 11 is 0. The molecule has 0 bridgehead atoms. The van der Waals surface area contributed by atoms with E-state index in [1.807, 2.05) is 13.8 Å². The van der Waals surface area contributed by atoms with E-state index in [1.54, 1.807) is 13.2 Å². The third kappa shape index (κ3) is 1.77. The van der Waals surface area contributed by atoms with Crippen molar-refractivity contribution < 1.29 is 23.5 Å². The lowest BCUT2D eigenvalue weighted by atomic mass is 10.1. The molecule has 0 aromatic carbocycles. The van der Waals surface area contributed by atoms with Gasteiger partial charge in [0, 0.05) is 13.2 Å². The van der Waals surface area contributed by atoms with Crippen molar-refractivity contribution >= 4 is 0 Å². The van der Waals surface area contributed by atoms with Gasteiger partial charge in [-0.05, 0) is 13.8 Å². The minimum absolute atomic E-state index is 0.222. The van der Waals surface area contributed by atoms with Crippen molar-refractivity contribution in [3.05, 3.63) is 18.0 Å². The summed E-state index contributed by atoms with van der Waals surface area (Å²) in [6, 6.07) is 1.76. The summed E-state index contributed by atoms with van der Waals surface area (Å²) in [6.07, 6.45) is 0.292. The molecule has 2 fully saturated rings. The first-order valence-corrected chi connectivity index (χ1v) is 5.55. The van der Waals surface area contributed by atoms with Crippen molar-refractivity contribution in [1.82, 2.24) is 5.16 Å². The van der Waals surface area contributed by atoms with E-state index in [9.17, 15) is 0 Å². The Morgan fingerprint density at radius 3 is 2.71 bits per heavy atom. The SMILES string of the molecule is COC1OC(c2ccon2)[C@H]2OC(C)(C)O[C@@H]12. The van der Waals surface area contributed by atoms with Crippen LogP contribution < -0.4 is 0 Å². The van der Waals surface area contributed by atoms with Gasteiger partial charge >= 0.3 is 0 Å². The van der Waals surface area contributed by atoms with Gasteiger partial charge in [-0.15, -0.1) is 0 Å². The number of fused-ring (bicyclic) bond motifs is 1. The standard InChI is InChI=1S/C11H15NO5/c1-11(2)16-8-7(6-4-5-14-12-6)15-10(13-3)9(8)17-11/h4-5,7-10H,1-3H3/t7?,8-,9-,10?/m1/s1. The third-order valence-electron chi connectivity index (χ3n) is 2.99. The van der Waals surface area contributed by atoms with Crippen LogP contribution in [-0.4, -0.2) is 36.6 Å². The Labute approximate surface area is 98.8 Å². The smallest absolute Gasteiger partial charge is 0.187 e. The van der Waals surface area contributed by atoms with E-state index in [-0.39, 0.29) is 18.3 Å². The second-order valence-corrected chi connectivity index (χ2v) is 4.65. The molecule has 0 N–H and O–H groups in total. The fourth-order valence-electron chi connectivity index (χ4n) is 2.36. The fourth-order valence-corrected chi connectivity index (χ4v) is 2.36. The van der Waals surface area contributed by atoms with Gasteiger partial charge in [0.25, 0.3) is 0 Å². The molecule has 3 rings (SSSR count). The number of hydrogen-bond donors (Lipinski definition) is 0. The molecule has 0 radical (unpaired) electrons. The first-order chi connectivity index (χ1) is 8.11. The number of nitrogens with zero attached hydrogens (tertiary/aromatic N) is 1. The lowest BCUT2D eigenvalue weighted by Crippen LogP contribution is -2.30. The number of ether oxygens (including phenoxy) is 4. The summed E-state index contributed by atoms with van der Waals surface area (Å²) in [4.78, 5) is 0. The second kappa shape index (κ2) is 3.78. The van der Waals surface area contributed by atoms with Gasteiger partial charge in [0.05, 0.1) is 0 Å². The Hall–Kier alpha value is -0.950. The van der Waals surface area contributed by atoms with Crippen LogP contribution in [0.15, 0.2) is 16.9 Å². The van der Waals surface area contributed by atoms with E-state index >= 15 is 0 Å². The number of aromatic nitrogens is 1. The molecule has 2 saturated heterocycles. The molecule has 94 valence electrons. The van der Waals surface area contributed by atoms with Crippen LogP contribution in [-0.2, 0) is 18.9 Å². The van der Waals surface area contributed by atoms with E-state index in [0.717, 1.165) is 0 Å². The van der Waals surface area contributed by atoms with Crippen LogP contribution in [0.1, 0.15) is 25.6 Å². The molecule has 6 nitrogen and oxygen atoms in total. The fraction of sp³-hybridized carbons (Fsp3) is 0.727. The zero-order valence-electron chi connectivity index (χ0n) is 9.95. The summed E-state index contributed by atoms with van der Waals surface area (Å²) in [6.45, 7) is 3.75. The predicted octanol–water partition coefficient (Wildman–Crippen LogP) is 1.24. The molecule has 1 aromatic heterocycles. The molecule has 2 aliphatic rings. The largest absolute Gasteiger partial charge is 0.364 e. The molecular weight excluding hydrogens is 226 g/mol. The first-order valence-electron chi connectivity index (χ1n) is 5.55. The minimum Gasteiger partial charge on any atom is -0.364 e. The lowest BCUT2D eigenvalue weighted by molar-refractivity contribution is -0.228. The second-order valence-electron chi connectivity index (χ2n) is 4.65. The van der Waals surface area contributed by atoms with Gasteiger partial charge < -0.3 is 23.5 Å². The molecule has 0 aliphatic carbocycles. The van der Waals surface area contributed by atoms with Gasteiger partial charge in [0.15, 0.2) is 12.1 Å². The Bertz CT molecular complexity index is 391. The van der Waals surface area contributed by atoms with Gasteiger partial charge in [-0.25, -0.2) is 0 Å². The third-order valence-corrected chi connectivity index (χ3v) is 2.99. The van der Waals surface area contributed by atoms with Gasteiger partial charge in [0.2, 0.25) is 0 Å². The summed E-state index contributed by atoms with van der Waals surface area (Å²) in [7, 11) is 1.58. The topological polar surface area (TPSA) is 63.0 Å². The van der Waals surface area contributed by atoms with Crippen LogP contribution in [0.2, 0.25) is 0 Å². The van der Waals surface area contributed by atoms with Gasteiger partial charge in [-0.2, -0.15) is 0 Å². The Morgan fingerprint density at radius 1 is 1.29 bits per heavy atom. The van der Waals surface area contributed by atoms with Crippen LogP contribution in [0.4, 0.5) is 0 Å². The van der Waals surface area contributed by atoms with Crippen molar-refractivity contribution in [1.29, 1.82) is 0 Å². The van der Waals surface area contributed by atoms with Crippen LogP contribution in [0.5, 0.6) is 0 Å². The van der Waals surface area contributed by atoms with E-state index in [1.165, 1.54) is 6.26 Å². The van der Waals surface area contributed by atoms with Gasteiger partial charge in [-0.1, -0.05) is 5.16 Å². The maximum absolute atomic E-state index is 5.83. The minimum atomic E-state index is -0.627. The van der Waals surface area contributed by atoms with E-state index < -0.39 is 12.1 Å². The molecule has 4 atom stereocenters. The van der Waals surface area contributed by atoms with Crippen LogP contribution in [0.3, 0.4) is 0 Å². The summed E-state index contributed by atoms with van der Waals surface area (Å²) in [5.41, 5.74) is 0.695. The molecule has 2 aliphatic heterocycles. The quantitative estimate of drug-likeness (QED) is 0.776. The normalized spacial score (nSPS) is 39.5. The highest BCUT2D eigenvalue weighted by Crippen LogP contribution is 2.44. The lowest BCUT2D eigenvalue weighted by Gasteiger charge is -2.22. The molecule has 17 heavy (non-hydrogen) atoms. The maximum Gasteiger partial charge on any atom is 0.187 e. The Kier molecular flexibility index (Phi) is 2.48. The van der Waals surface area contributed by atoms with Crippen molar-refractivity contribution in [2.24, 2.45) is 0 Å². The molecule has 0 saturated carbocycles. The number of rotatable bonds is 2. The molecule has 0 amide bonds. The molecule has 1 aromatic rings. The van der Waals surface area contributed by atoms with Gasteiger partial charge in [0.1, 0.15) is 30.3 Å². The highest BCUT2D eigenvalue weighted by molar-refractivity contribution is 5.09. The molecule has 0 spiro atoms. The molecule has 3 heterocycles. The molecule has 2 unspecified atom stereocenters. The average Bonchev–Trinajstić information content (AvgIpc) is 2.91. The highest BCUT2D eigenvalue weighted by Gasteiger charge is 2.56. The van der Waals surface area contributed by atoms with Crippen LogP contribution in [0.25, 0.3) is 0 Å². The molecular formula is C11H15NO5. The maximum atomic E-state index is 5.83.